The first-order valence-corrected chi connectivity index (χ1v) is 9.91. The summed E-state index contributed by atoms with van der Waals surface area (Å²) in [7, 11) is 0. The number of halogens is 1. The summed E-state index contributed by atoms with van der Waals surface area (Å²) in [4.78, 5) is 28.6. The van der Waals surface area contributed by atoms with Crippen LogP contribution in [0, 0.1) is 11.8 Å². The topological polar surface area (TPSA) is 52.7 Å². The van der Waals surface area contributed by atoms with Gasteiger partial charge in [-0.05, 0) is 55.5 Å². The Kier molecular flexibility index (Phi) is 6.54. The number of rotatable bonds is 5. The van der Waals surface area contributed by atoms with Gasteiger partial charge >= 0.3 is 0 Å². The predicted octanol–water partition coefficient (Wildman–Crippen LogP) is 2.54. The number of piperidine rings is 1. The van der Waals surface area contributed by atoms with Gasteiger partial charge in [-0.15, -0.1) is 0 Å². The maximum Gasteiger partial charge on any atom is 0.242 e. The van der Waals surface area contributed by atoms with E-state index in [1.54, 1.807) is 4.90 Å². The monoisotopic (exact) mass is 377 g/mol. The minimum absolute atomic E-state index is 0.0199. The molecule has 2 aliphatic heterocycles. The molecule has 0 bridgehead atoms. The van der Waals surface area contributed by atoms with Crippen molar-refractivity contribution in [1.29, 1.82) is 0 Å². The summed E-state index contributed by atoms with van der Waals surface area (Å²) in [6.45, 7) is 6.22. The largest absolute Gasteiger partial charge is 0.335 e. The molecule has 5 nitrogen and oxygen atoms in total. The first-order chi connectivity index (χ1) is 12.5. The molecule has 2 fully saturated rings. The highest BCUT2D eigenvalue weighted by molar-refractivity contribution is 6.30. The minimum Gasteiger partial charge on any atom is -0.335 e. The van der Waals surface area contributed by atoms with E-state index >= 15 is 0 Å². The molecule has 2 saturated heterocycles. The second-order valence-corrected chi connectivity index (χ2v) is 7.98. The molecule has 0 radical (unpaired) electrons. The predicted molar refractivity (Wildman–Crippen MR) is 103 cm³/mol. The zero-order valence-electron chi connectivity index (χ0n) is 15.4. The van der Waals surface area contributed by atoms with Crippen LogP contribution in [0.3, 0.4) is 0 Å². The number of nitrogens with zero attached hydrogens (tertiary/aromatic N) is 2. The fourth-order valence-corrected chi connectivity index (χ4v) is 3.96. The molecule has 26 heavy (non-hydrogen) atoms. The summed E-state index contributed by atoms with van der Waals surface area (Å²) in [5, 5.41) is 4.11. The van der Waals surface area contributed by atoms with Gasteiger partial charge in [0.2, 0.25) is 11.8 Å². The number of amides is 2. The lowest BCUT2D eigenvalue weighted by Gasteiger charge is -2.36. The smallest absolute Gasteiger partial charge is 0.242 e. The Morgan fingerprint density at radius 1 is 1.31 bits per heavy atom. The number of hydrogen-bond acceptors (Lipinski definition) is 3. The molecule has 0 aliphatic carbocycles. The summed E-state index contributed by atoms with van der Waals surface area (Å²) < 4.78 is 0. The van der Waals surface area contributed by atoms with Gasteiger partial charge in [0.15, 0.2) is 0 Å². The molecule has 6 heteroatoms. The van der Waals surface area contributed by atoms with Crippen LogP contribution in [0.15, 0.2) is 24.3 Å². The molecule has 2 amide bonds. The average Bonchev–Trinajstić information content (AvgIpc) is 2.65. The Morgan fingerprint density at radius 2 is 2.08 bits per heavy atom. The molecule has 0 saturated carbocycles. The third kappa shape index (κ3) is 4.98. The van der Waals surface area contributed by atoms with E-state index < -0.39 is 0 Å². The van der Waals surface area contributed by atoms with E-state index in [4.69, 9.17) is 11.6 Å². The third-order valence-electron chi connectivity index (χ3n) is 5.59. The quantitative estimate of drug-likeness (QED) is 0.857. The molecule has 142 valence electrons. The Morgan fingerprint density at radius 3 is 2.73 bits per heavy atom. The molecule has 1 N–H and O–H groups in total. The van der Waals surface area contributed by atoms with Crippen molar-refractivity contribution in [3.63, 3.8) is 0 Å². The van der Waals surface area contributed by atoms with E-state index in [0.29, 0.717) is 42.9 Å². The van der Waals surface area contributed by atoms with Gasteiger partial charge in [0.05, 0.1) is 6.54 Å². The van der Waals surface area contributed by atoms with Gasteiger partial charge in [-0.2, -0.15) is 0 Å². The van der Waals surface area contributed by atoms with Crippen LogP contribution in [0.2, 0.25) is 5.02 Å². The number of hydrogen-bond donors (Lipinski definition) is 1. The second kappa shape index (κ2) is 8.87. The van der Waals surface area contributed by atoms with Crippen LogP contribution in [0.1, 0.15) is 31.7 Å². The van der Waals surface area contributed by atoms with Crippen LogP contribution >= 0.6 is 11.6 Å². The van der Waals surface area contributed by atoms with Crippen LogP contribution in [0.5, 0.6) is 0 Å². The van der Waals surface area contributed by atoms with Gasteiger partial charge in [-0.1, -0.05) is 30.7 Å². The summed E-state index contributed by atoms with van der Waals surface area (Å²) in [5.74, 6) is 1.06. The SMILES string of the molecule is CC(CC(=O)N1CCN(Cc2ccc(Cl)cc2)C(=O)C1)C1CCCNC1. The maximum atomic E-state index is 12.6. The number of carbonyl (C=O) groups excluding carboxylic acids is 2. The van der Waals surface area contributed by atoms with Crippen molar-refractivity contribution in [3.05, 3.63) is 34.9 Å². The van der Waals surface area contributed by atoms with Crippen LogP contribution in [-0.2, 0) is 16.1 Å². The summed E-state index contributed by atoms with van der Waals surface area (Å²) >= 11 is 5.91. The Balaban J connectivity index is 1.48. The minimum atomic E-state index is 0.0199. The standard InChI is InChI=1S/C20H28ClN3O2/c1-15(17-3-2-8-22-12-17)11-19(25)24-10-9-23(20(26)14-24)13-16-4-6-18(21)7-5-16/h4-7,15,17,22H,2-3,8-14H2,1H3. The third-order valence-corrected chi connectivity index (χ3v) is 5.85. The van der Waals surface area contributed by atoms with Gasteiger partial charge in [0, 0.05) is 31.1 Å². The van der Waals surface area contributed by atoms with Crippen molar-refractivity contribution in [3.8, 4) is 0 Å². The average molecular weight is 378 g/mol. The first-order valence-electron chi connectivity index (χ1n) is 9.53. The van der Waals surface area contributed by atoms with Gasteiger partial charge in [0.25, 0.3) is 0 Å². The molecule has 1 aromatic rings. The maximum absolute atomic E-state index is 12.6. The van der Waals surface area contributed by atoms with Crippen LogP contribution in [0.25, 0.3) is 0 Å². The molecule has 1 aromatic carbocycles. The lowest BCUT2D eigenvalue weighted by atomic mass is 9.85. The summed E-state index contributed by atoms with van der Waals surface area (Å²) in [5.41, 5.74) is 1.06. The Bertz CT molecular complexity index is 628. The van der Waals surface area contributed by atoms with Crippen molar-refractivity contribution in [2.75, 3.05) is 32.7 Å². The number of nitrogens with one attached hydrogen (secondary N) is 1. The van der Waals surface area contributed by atoms with E-state index in [1.807, 2.05) is 29.2 Å². The number of piperazine rings is 1. The summed E-state index contributed by atoms with van der Waals surface area (Å²) in [6.07, 6.45) is 2.91. The Labute approximate surface area is 160 Å². The van der Waals surface area contributed by atoms with Gasteiger partial charge in [-0.25, -0.2) is 0 Å². The molecule has 2 heterocycles. The zero-order valence-corrected chi connectivity index (χ0v) is 16.2. The second-order valence-electron chi connectivity index (χ2n) is 7.54. The normalized spacial score (nSPS) is 22.4. The molecule has 0 spiro atoms. The highest BCUT2D eigenvalue weighted by Gasteiger charge is 2.29. The number of carbonyl (C=O) groups is 2. The van der Waals surface area contributed by atoms with Crippen molar-refractivity contribution in [2.24, 2.45) is 11.8 Å². The molecule has 3 rings (SSSR count). The summed E-state index contributed by atoms with van der Waals surface area (Å²) in [6, 6.07) is 7.55. The number of benzene rings is 1. The lowest BCUT2D eigenvalue weighted by molar-refractivity contribution is -0.146. The molecule has 0 aromatic heterocycles. The van der Waals surface area contributed by atoms with Crippen molar-refractivity contribution >= 4 is 23.4 Å². The molecule has 2 aliphatic rings. The van der Waals surface area contributed by atoms with Crippen molar-refractivity contribution in [1.82, 2.24) is 15.1 Å². The highest BCUT2D eigenvalue weighted by atomic mass is 35.5. The Hall–Kier alpha value is -1.59. The van der Waals surface area contributed by atoms with Crippen LogP contribution in [-0.4, -0.2) is 54.3 Å². The molecule has 2 unspecified atom stereocenters. The van der Waals surface area contributed by atoms with Crippen LogP contribution < -0.4 is 5.32 Å². The molecule has 2 atom stereocenters. The van der Waals surface area contributed by atoms with E-state index in [0.717, 1.165) is 18.7 Å². The van der Waals surface area contributed by atoms with E-state index in [-0.39, 0.29) is 18.4 Å². The van der Waals surface area contributed by atoms with Gasteiger partial charge < -0.3 is 15.1 Å². The fourth-order valence-electron chi connectivity index (χ4n) is 3.83. The van der Waals surface area contributed by atoms with Gasteiger partial charge in [0.1, 0.15) is 0 Å². The van der Waals surface area contributed by atoms with E-state index in [2.05, 4.69) is 12.2 Å². The molecular formula is C20H28ClN3O2. The first kappa shape index (κ1) is 19.2. The molecular weight excluding hydrogens is 350 g/mol. The fraction of sp³-hybridized carbons (Fsp3) is 0.600. The van der Waals surface area contributed by atoms with Crippen LogP contribution in [0.4, 0.5) is 0 Å². The van der Waals surface area contributed by atoms with Crippen molar-refractivity contribution < 1.29 is 9.59 Å². The van der Waals surface area contributed by atoms with E-state index in [9.17, 15) is 9.59 Å². The van der Waals surface area contributed by atoms with E-state index in [1.165, 1.54) is 12.8 Å². The van der Waals surface area contributed by atoms with Gasteiger partial charge in [-0.3, -0.25) is 9.59 Å². The van der Waals surface area contributed by atoms with Crippen molar-refractivity contribution in [2.45, 2.75) is 32.7 Å². The zero-order chi connectivity index (χ0) is 18.5. The highest BCUT2D eigenvalue weighted by Crippen LogP contribution is 2.23. The lowest BCUT2D eigenvalue weighted by Crippen LogP contribution is -2.52.